The Kier molecular flexibility index (Phi) is 2.86. The van der Waals surface area contributed by atoms with E-state index < -0.39 is 4.92 Å². The van der Waals surface area contributed by atoms with Crippen LogP contribution in [0.2, 0.25) is 0 Å². The van der Waals surface area contributed by atoms with Gasteiger partial charge >= 0.3 is 0 Å². The fourth-order valence-electron chi connectivity index (χ4n) is 1.45. The van der Waals surface area contributed by atoms with E-state index in [9.17, 15) is 10.1 Å². The Balaban J connectivity index is 2.16. The van der Waals surface area contributed by atoms with Crippen molar-refractivity contribution >= 4 is 11.5 Å². The standard InChI is InChI=1S/C9H11N3O4/c10-8-3-6(12(13)14)4-9(11-8)16-7-1-2-15-5-7/h3-4,7H,1-2,5H2,(H2,10,11). The molecule has 2 heterocycles. The lowest BCUT2D eigenvalue weighted by Gasteiger charge is -2.10. The Morgan fingerprint density at radius 1 is 1.62 bits per heavy atom. The molecule has 1 saturated heterocycles. The molecule has 0 amide bonds. The molecule has 0 radical (unpaired) electrons. The van der Waals surface area contributed by atoms with E-state index in [1.165, 1.54) is 12.1 Å². The number of nitro groups is 1. The molecule has 1 atom stereocenters. The van der Waals surface area contributed by atoms with E-state index in [1.807, 2.05) is 0 Å². The number of nitrogen functional groups attached to an aromatic ring is 1. The van der Waals surface area contributed by atoms with Crippen LogP contribution in [0, 0.1) is 10.1 Å². The van der Waals surface area contributed by atoms with Crippen LogP contribution in [0.3, 0.4) is 0 Å². The van der Waals surface area contributed by atoms with Crippen molar-refractivity contribution in [2.45, 2.75) is 12.5 Å². The first-order valence-corrected chi connectivity index (χ1v) is 4.81. The highest BCUT2D eigenvalue weighted by atomic mass is 16.6. The van der Waals surface area contributed by atoms with Gasteiger partial charge in [0.05, 0.1) is 30.3 Å². The Morgan fingerprint density at radius 2 is 2.44 bits per heavy atom. The highest BCUT2D eigenvalue weighted by molar-refractivity contribution is 5.45. The predicted octanol–water partition coefficient (Wildman–Crippen LogP) is 0.740. The van der Waals surface area contributed by atoms with Crippen molar-refractivity contribution in [1.29, 1.82) is 0 Å². The molecule has 1 unspecified atom stereocenters. The van der Waals surface area contributed by atoms with Crippen LogP contribution < -0.4 is 10.5 Å². The molecule has 0 spiro atoms. The zero-order valence-electron chi connectivity index (χ0n) is 8.46. The summed E-state index contributed by atoms with van der Waals surface area (Å²) in [7, 11) is 0. The fourth-order valence-corrected chi connectivity index (χ4v) is 1.45. The second kappa shape index (κ2) is 4.31. The van der Waals surface area contributed by atoms with Gasteiger partial charge in [-0.1, -0.05) is 0 Å². The smallest absolute Gasteiger partial charge is 0.278 e. The Morgan fingerprint density at radius 3 is 3.06 bits per heavy atom. The van der Waals surface area contributed by atoms with Gasteiger partial charge in [-0.15, -0.1) is 0 Å². The van der Waals surface area contributed by atoms with E-state index in [4.69, 9.17) is 15.2 Å². The minimum atomic E-state index is -0.532. The Hall–Kier alpha value is -1.89. The maximum Gasteiger partial charge on any atom is 0.278 e. The van der Waals surface area contributed by atoms with Crippen molar-refractivity contribution in [3.05, 3.63) is 22.2 Å². The number of hydrogen-bond donors (Lipinski definition) is 1. The third-order valence-corrected chi connectivity index (χ3v) is 2.19. The SMILES string of the molecule is Nc1cc([N+](=O)[O-])cc(OC2CCOC2)n1. The molecular weight excluding hydrogens is 214 g/mol. The Labute approximate surface area is 91.3 Å². The summed E-state index contributed by atoms with van der Waals surface area (Å²) in [6.45, 7) is 1.11. The van der Waals surface area contributed by atoms with Crippen LogP contribution >= 0.6 is 0 Å². The summed E-state index contributed by atoms with van der Waals surface area (Å²) in [5, 5.41) is 10.6. The molecule has 16 heavy (non-hydrogen) atoms. The van der Waals surface area contributed by atoms with Crippen molar-refractivity contribution in [3.8, 4) is 5.88 Å². The molecule has 2 N–H and O–H groups in total. The molecule has 1 aromatic heterocycles. The third-order valence-electron chi connectivity index (χ3n) is 2.19. The Bertz CT molecular complexity index is 404. The van der Waals surface area contributed by atoms with Gasteiger partial charge in [0.15, 0.2) is 0 Å². The van der Waals surface area contributed by atoms with E-state index in [2.05, 4.69) is 4.98 Å². The molecule has 1 aliphatic heterocycles. The summed E-state index contributed by atoms with van der Waals surface area (Å²) in [4.78, 5) is 13.9. The fraction of sp³-hybridized carbons (Fsp3) is 0.444. The van der Waals surface area contributed by atoms with Crippen LogP contribution in [0.4, 0.5) is 11.5 Å². The van der Waals surface area contributed by atoms with E-state index in [1.54, 1.807) is 0 Å². The molecule has 1 aromatic rings. The molecule has 86 valence electrons. The molecular formula is C9H11N3O4. The van der Waals surface area contributed by atoms with Crippen molar-refractivity contribution in [2.75, 3.05) is 18.9 Å². The lowest BCUT2D eigenvalue weighted by Crippen LogP contribution is -2.16. The number of nitrogens with zero attached hydrogens (tertiary/aromatic N) is 2. The van der Waals surface area contributed by atoms with E-state index >= 15 is 0 Å². The summed E-state index contributed by atoms with van der Waals surface area (Å²) in [5.41, 5.74) is 5.32. The van der Waals surface area contributed by atoms with Gasteiger partial charge < -0.3 is 15.2 Å². The van der Waals surface area contributed by atoms with Gasteiger partial charge in [0, 0.05) is 6.42 Å². The zero-order valence-corrected chi connectivity index (χ0v) is 8.46. The van der Waals surface area contributed by atoms with E-state index in [0.29, 0.717) is 13.2 Å². The lowest BCUT2D eigenvalue weighted by molar-refractivity contribution is -0.384. The van der Waals surface area contributed by atoms with Crippen molar-refractivity contribution in [3.63, 3.8) is 0 Å². The number of pyridine rings is 1. The quantitative estimate of drug-likeness (QED) is 0.601. The van der Waals surface area contributed by atoms with Crippen LogP contribution in [-0.4, -0.2) is 29.2 Å². The van der Waals surface area contributed by atoms with E-state index in [-0.39, 0.29) is 23.5 Å². The lowest BCUT2D eigenvalue weighted by atomic mass is 10.3. The minimum Gasteiger partial charge on any atom is -0.472 e. The third kappa shape index (κ3) is 2.37. The maximum absolute atomic E-state index is 10.6. The van der Waals surface area contributed by atoms with Crippen LogP contribution in [-0.2, 0) is 4.74 Å². The van der Waals surface area contributed by atoms with Gasteiger partial charge in [0.2, 0.25) is 5.88 Å². The van der Waals surface area contributed by atoms with Crippen LogP contribution in [0.25, 0.3) is 0 Å². The van der Waals surface area contributed by atoms with Gasteiger partial charge in [-0.05, 0) is 0 Å². The highest BCUT2D eigenvalue weighted by Crippen LogP contribution is 2.22. The molecule has 1 aliphatic rings. The number of hydrogen-bond acceptors (Lipinski definition) is 6. The van der Waals surface area contributed by atoms with Crippen LogP contribution in [0.1, 0.15) is 6.42 Å². The first-order valence-electron chi connectivity index (χ1n) is 4.81. The first kappa shape index (κ1) is 10.6. The second-order valence-corrected chi connectivity index (χ2v) is 3.45. The summed E-state index contributed by atoms with van der Waals surface area (Å²) in [6, 6.07) is 2.45. The summed E-state index contributed by atoms with van der Waals surface area (Å²) >= 11 is 0. The zero-order chi connectivity index (χ0) is 11.5. The predicted molar refractivity (Wildman–Crippen MR) is 55.2 cm³/mol. The normalized spacial score (nSPS) is 19.6. The number of rotatable bonds is 3. The van der Waals surface area contributed by atoms with Gasteiger partial charge in [-0.25, -0.2) is 0 Å². The second-order valence-electron chi connectivity index (χ2n) is 3.45. The van der Waals surface area contributed by atoms with Crippen molar-refractivity contribution in [2.24, 2.45) is 0 Å². The number of anilines is 1. The average Bonchev–Trinajstić information content (AvgIpc) is 2.69. The maximum atomic E-state index is 10.6. The summed E-state index contributed by atoms with van der Waals surface area (Å²) in [6.07, 6.45) is 0.651. The molecule has 7 heteroatoms. The van der Waals surface area contributed by atoms with Crippen LogP contribution in [0.15, 0.2) is 12.1 Å². The molecule has 0 saturated carbocycles. The summed E-state index contributed by atoms with van der Waals surface area (Å²) in [5.74, 6) is 0.241. The van der Waals surface area contributed by atoms with Crippen LogP contribution in [0.5, 0.6) is 5.88 Å². The van der Waals surface area contributed by atoms with Crippen molar-refractivity contribution < 1.29 is 14.4 Å². The molecule has 2 rings (SSSR count). The largest absolute Gasteiger partial charge is 0.472 e. The van der Waals surface area contributed by atoms with Gasteiger partial charge in [-0.2, -0.15) is 4.98 Å². The summed E-state index contributed by atoms with van der Waals surface area (Å²) < 4.78 is 10.5. The van der Waals surface area contributed by atoms with E-state index in [0.717, 1.165) is 6.42 Å². The van der Waals surface area contributed by atoms with Crippen molar-refractivity contribution in [1.82, 2.24) is 4.98 Å². The minimum absolute atomic E-state index is 0.0723. The highest BCUT2D eigenvalue weighted by Gasteiger charge is 2.19. The first-order chi connectivity index (χ1) is 7.65. The van der Waals surface area contributed by atoms with Gasteiger partial charge in [-0.3, -0.25) is 10.1 Å². The molecule has 1 fully saturated rings. The number of nitrogens with two attached hydrogens (primary N) is 1. The average molecular weight is 225 g/mol. The molecule has 0 aromatic carbocycles. The molecule has 0 aliphatic carbocycles. The molecule has 0 bridgehead atoms. The van der Waals surface area contributed by atoms with Gasteiger partial charge in [0.1, 0.15) is 11.9 Å². The number of ether oxygens (including phenoxy) is 2. The number of aromatic nitrogens is 1. The molecule has 7 nitrogen and oxygen atoms in total. The monoisotopic (exact) mass is 225 g/mol. The van der Waals surface area contributed by atoms with Gasteiger partial charge in [0.25, 0.3) is 5.69 Å². The topological polar surface area (TPSA) is 101 Å².